The Bertz CT molecular complexity index is 1330. The van der Waals surface area contributed by atoms with Crippen molar-refractivity contribution in [2.75, 3.05) is 26.3 Å². The van der Waals surface area contributed by atoms with Gasteiger partial charge in [0.05, 0.1) is 24.2 Å². The third-order valence-electron chi connectivity index (χ3n) is 6.81. The summed E-state index contributed by atoms with van der Waals surface area (Å²) in [7, 11) is -3.68. The summed E-state index contributed by atoms with van der Waals surface area (Å²) in [5, 5.41) is 5.42. The van der Waals surface area contributed by atoms with E-state index in [0.29, 0.717) is 50.6 Å². The van der Waals surface area contributed by atoms with Crippen LogP contribution in [0.5, 0.6) is 11.5 Å². The quantitative estimate of drug-likeness (QED) is 0.572. The van der Waals surface area contributed by atoms with Crippen LogP contribution in [0, 0.1) is 5.92 Å². The largest absolute Gasteiger partial charge is 0.490 e. The minimum atomic E-state index is -3.68. The number of nitrogens with one attached hydrogen (secondary N) is 1. The van der Waals surface area contributed by atoms with Gasteiger partial charge in [-0.05, 0) is 54.3 Å². The maximum Gasteiger partial charge on any atom is 0.243 e. The summed E-state index contributed by atoms with van der Waals surface area (Å²) >= 11 is 0. The summed E-state index contributed by atoms with van der Waals surface area (Å²) in [6.45, 7) is 3.63. The average molecular weight is 495 g/mol. The summed E-state index contributed by atoms with van der Waals surface area (Å²) in [6, 6.07) is 19.0. The zero-order valence-electron chi connectivity index (χ0n) is 19.8. The molecule has 0 bridgehead atoms. The fourth-order valence-electron chi connectivity index (χ4n) is 4.70. The molecule has 3 aromatic rings. The summed E-state index contributed by atoms with van der Waals surface area (Å²) in [6.07, 6.45) is 1.73. The predicted octanol–water partition coefficient (Wildman–Crippen LogP) is 4.28. The van der Waals surface area contributed by atoms with Gasteiger partial charge in [0.15, 0.2) is 11.5 Å². The van der Waals surface area contributed by atoms with E-state index in [2.05, 4.69) is 29.6 Å². The number of carbonyl (C=O) groups excluding carboxylic acids is 1. The molecule has 35 heavy (non-hydrogen) atoms. The van der Waals surface area contributed by atoms with Crippen molar-refractivity contribution in [3.8, 4) is 11.5 Å². The lowest BCUT2D eigenvalue weighted by Gasteiger charge is -2.31. The van der Waals surface area contributed by atoms with E-state index in [4.69, 9.17) is 9.47 Å². The highest BCUT2D eigenvalue weighted by atomic mass is 32.2. The highest BCUT2D eigenvalue weighted by Crippen LogP contribution is 2.34. The second-order valence-corrected chi connectivity index (χ2v) is 11.1. The Kier molecular flexibility index (Phi) is 6.67. The van der Waals surface area contributed by atoms with Gasteiger partial charge in [-0.3, -0.25) is 4.79 Å². The first kappa shape index (κ1) is 23.6. The molecule has 1 atom stereocenters. The minimum absolute atomic E-state index is 0.0294. The maximum atomic E-state index is 13.2. The van der Waals surface area contributed by atoms with E-state index in [1.165, 1.54) is 4.31 Å². The van der Waals surface area contributed by atoms with Crippen LogP contribution < -0.4 is 14.8 Å². The van der Waals surface area contributed by atoms with Crippen molar-refractivity contribution in [2.24, 2.45) is 5.92 Å². The van der Waals surface area contributed by atoms with Crippen LogP contribution in [0.2, 0.25) is 0 Å². The molecule has 184 valence electrons. The van der Waals surface area contributed by atoms with Gasteiger partial charge in [-0.15, -0.1) is 0 Å². The SMILES string of the molecule is C[C@H](NC(=O)C1CCN(S(=O)(=O)c2ccc3c(c2)OCCCO3)CC1)c1ccc2ccccc2c1. The third-order valence-corrected chi connectivity index (χ3v) is 8.71. The van der Waals surface area contributed by atoms with Gasteiger partial charge < -0.3 is 14.8 Å². The van der Waals surface area contributed by atoms with Crippen molar-refractivity contribution >= 4 is 26.7 Å². The molecule has 0 saturated carbocycles. The highest BCUT2D eigenvalue weighted by molar-refractivity contribution is 7.89. The number of hydrogen-bond donors (Lipinski definition) is 1. The molecule has 1 saturated heterocycles. The molecule has 1 fully saturated rings. The molecule has 1 N–H and O–H groups in total. The van der Waals surface area contributed by atoms with Crippen molar-refractivity contribution in [3.63, 3.8) is 0 Å². The van der Waals surface area contributed by atoms with E-state index in [1.54, 1.807) is 18.2 Å². The number of fused-ring (bicyclic) bond motifs is 2. The lowest BCUT2D eigenvalue weighted by molar-refractivity contribution is -0.126. The molecule has 8 heteroatoms. The maximum absolute atomic E-state index is 13.2. The number of sulfonamides is 1. The smallest absolute Gasteiger partial charge is 0.243 e. The number of hydrogen-bond acceptors (Lipinski definition) is 5. The van der Waals surface area contributed by atoms with Crippen LogP contribution in [0.3, 0.4) is 0 Å². The van der Waals surface area contributed by atoms with Crippen LogP contribution in [-0.2, 0) is 14.8 Å². The van der Waals surface area contributed by atoms with Crippen LogP contribution in [0.25, 0.3) is 10.8 Å². The first-order valence-corrected chi connectivity index (χ1v) is 13.5. The first-order valence-electron chi connectivity index (χ1n) is 12.1. The van der Waals surface area contributed by atoms with Crippen LogP contribution in [0.4, 0.5) is 0 Å². The van der Waals surface area contributed by atoms with E-state index in [0.717, 1.165) is 22.8 Å². The van der Waals surface area contributed by atoms with E-state index in [9.17, 15) is 13.2 Å². The number of nitrogens with zero attached hydrogens (tertiary/aromatic N) is 1. The van der Waals surface area contributed by atoms with Crippen LogP contribution >= 0.6 is 0 Å². The first-order chi connectivity index (χ1) is 16.9. The van der Waals surface area contributed by atoms with Gasteiger partial charge in [0, 0.05) is 31.5 Å². The summed E-state index contributed by atoms with van der Waals surface area (Å²) in [5.41, 5.74) is 1.05. The minimum Gasteiger partial charge on any atom is -0.490 e. The molecule has 3 aromatic carbocycles. The molecule has 0 unspecified atom stereocenters. The number of ether oxygens (including phenoxy) is 2. The molecule has 1 amide bonds. The van der Waals surface area contributed by atoms with Gasteiger partial charge >= 0.3 is 0 Å². The van der Waals surface area contributed by atoms with Crippen molar-refractivity contribution in [1.29, 1.82) is 0 Å². The summed E-state index contributed by atoms with van der Waals surface area (Å²) < 4.78 is 39.2. The Morgan fingerprint density at radius 3 is 2.43 bits per heavy atom. The summed E-state index contributed by atoms with van der Waals surface area (Å²) in [5.74, 6) is 0.782. The fourth-order valence-corrected chi connectivity index (χ4v) is 6.19. The van der Waals surface area contributed by atoms with Crippen molar-refractivity contribution in [3.05, 3.63) is 66.2 Å². The van der Waals surface area contributed by atoms with Gasteiger partial charge in [-0.2, -0.15) is 4.31 Å². The number of amides is 1. The molecule has 0 radical (unpaired) electrons. The van der Waals surface area contributed by atoms with Crippen LogP contribution in [0.15, 0.2) is 65.6 Å². The molecule has 0 spiro atoms. The number of rotatable bonds is 5. The Hall–Kier alpha value is -3.10. The molecule has 0 aliphatic carbocycles. The molecule has 2 heterocycles. The van der Waals surface area contributed by atoms with E-state index in [-0.39, 0.29) is 22.8 Å². The standard InChI is InChI=1S/C27H30N2O5S/c1-19(22-8-7-20-5-2-3-6-23(20)17-22)28-27(30)21-11-13-29(14-12-21)35(31,32)24-9-10-25-26(18-24)34-16-4-15-33-25/h2-3,5-10,17-19,21H,4,11-16H2,1H3,(H,28,30)/t19-/m0/s1. The lowest BCUT2D eigenvalue weighted by Crippen LogP contribution is -2.43. The molecule has 0 aromatic heterocycles. The van der Waals surface area contributed by atoms with E-state index < -0.39 is 10.0 Å². The molecule has 2 aliphatic rings. The summed E-state index contributed by atoms with van der Waals surface area (Å²) in [4.78, 5) is 13.1. The number of carbonyl (C=O) groups is 1. The van der Waals surface area contributed by atoms with Crippen LogP contribution in [-0.4, -0.2) is 44.9 Å². The molecular formula is C27H30N2O5S. The van der Waals surface area contributed by atoms with Crippen molar-refractivity contribution in [1.82, 2.24) is 9.62 Å². The average Bonchev–Trinajstić information content (AvgIpc) is 3.13. The van der Waals surface area contributed by atoms with Gasteiger partial charge in [0.1, 0.15) is 0 Å². The molecule has 5 rings (SSSR count). The third kappa shape index (κ3) is 4.99. The molecule has 2 aliphatic heterocycles. The highest BCUT2D eigenvalue weighted by Gasteiger charge is 2.33. The zero-order valence-corrected chi connectivity index (χ0v) is 20.6. The van der Waals surface area contributed by atoms with Gasteiger partial charge in [0.25, 0.3) is 0 Å². The monoisotopic (exact) mass is 494 g/mol. The van der Waals surface area contributed by atoms with Gasteiger partial charge in [0.2, 0.25) is 15.9 Å². The van der Waals surface area contributed by atoms with Crippen molar-refractivity contribution < 1.29 is 22.7 Å². The van der Waals surface area contributed by atoms with E-state index in [1.807, 2.05) is 25.1 Å². The Morgan fingerprint density at radius 2 is 1.66 bits per heavy atom. The Morgan fingerprint density at radius 1 is 0.943 bits per heavy atom. The topological polar surface area (TPSA) is 84.9 Å². The predicted molar refractivity (Wildman–Crippen MR) is 134 cm³/mol. The Labute approximate surface area is 206 Å². The lowest BCUT2D eigenvalue weighted by atomic mass is 9.96. The number of benzene rings is 3. The van der Waals surface area contributed by atoms with Gasteiger partial charge in [-0.25, -0.2) is 8.42 Å². The zero-order chi connectivity index (χ0) is 24.4. The normalized spacial score (nSPS) is 18.1. The fraction of sp³-hybridized carbons (Fsp3) is 0.370. The second kappa shape index (κ2) is 9.87. The van der Waals surface area contributed by atoms with Gasteiger partial charge in [-0.1, -0.05) is 36.4 Å². The van der Waals surface area contributed by atoms with E-state index >= 15 is 0 Å². The molecular weight excluding hydrogens is 464 g/mol. The van der Waals surface area contributed by atoms with Crippen molar-refractivity contribution in [2.45, 2.75) is 37.1 Å². The number of piperidine rings is 1. The molecule has 7 nitrogen and oxygen atoms in total. The Balaban J connectivity index is 1.21. The second-order valence-electron chi connectivity index (χ2n) is 9.17. The van der Waals surface area contributed by atoms with Crippen LogP contribution in [0.1, 0.15) is 37.8 Å².